The molecular weight excluding hydrogens is 282 g/mol. The molecule has 3 unspecified atom stereocenters. The first-order valence-corrected chi connectivity index (χ1v) is 8.35. The Bertz CT molecular complexity index is 567. The molecule has 0 spiro atoms. The number of hydrogen-bond donors (Lipinski definition) is 2. The number of amides is 1. The molecule has 1 aliphatic rings. The van der Waals surface area contributed by atoms with Gasteiger partial charge in [0.25, 0.3) is 5.91 Å². The molecule has 114 valence electrons. The molecule has 3 nitrogen and oxygen atoms in total. The van der Waals surface area contributed by atoms with Crippen LogP contribution in [-0.2, 0) is 0 Å². The summed E-state index contributed by atoms with van der Waals surface area (Å²) >= 11 is 1.40. The quantitative estimate of drug-likeness (QED) is 0.825. The number of aliphatic hydroxyl groups is 1. The van der Waals surface area contributed by atoms with E-state index in [0.29, 0.717) is 16.7 Å². The molecule has 3 atom stereocenters. The highest BCUT2D eigenvalue weighted by molar-refractivity contribution is 7.14. The third-order valence-electron chi connectivity index (χ3n) is 4.45. The normalized spacial score (nSPS) is 25.0. The van der Waals surface area contributed by atoms with Crippen molar-refractivity contribution in [3.63, 3.8) is 0 Å². The fourth-order valence-corrected chi connectivity index (χ4v) is 3.81. The lowest BCUT2D eigenvalue weighted by Gasteiger charge is -2.34. The van der Waals surface area contributed by atoms with Crippen LogP contribution in [0.4, 0.5) is 0 Å². The van der Waals surface area contributed by atoms with E-state index in [1.54, 1.807) is 0 Å². The molecule has 0 radical (unpaired) electrons. The van der Waals surface area contributed by atoms with Gasteiger partial charge >= 0.3 is 0 Å². The fraction of sp³-hybridized carbons (Fsp3) is 0.588. The Kier molecular flexibility index (Phi) is 5.44. The van der Waals surface area contributed by atoms with E-state index >= 15 is 0 Å². The zero-order valence-corrected chi connectivity index (χ0v) is 13.7. The van der Waals surface area contributed by atoms with Crippen LogP contribution in [0, 0.1) is 30.6 Å². The van der Waals surface area contributed by atoms with Gasteiger partial charge in [-0.25, -0.2) is 0 Å². The molecule has 0 saturated heterocycles. The van der Waals surface area contributed by atoms with Crippen molar-refractivity contribution < 1.29 is 9.90 Å². The van der Waals surface area contributed by atoms with Gasteiger partial charge in [-0.3, -0.25) is 4.79 Å². The monoisotopic (exact) mass is 305 g/mol. The van der Waals surface area contributed by atoms with Crippen molar-refractivity contribution in [2.24, 2.45) is 11.8 Å². The highest BCUT2D eigenvalue weighted by Gasteiger charge is 2.28. The molecule has 4 heteroatoms. The van der Waals surface area contributed by atoms with Crippen molar-refractivity contribution in [2.45, 2.75) is 46.1 Å². The summed E-state index contributed by atoms with van der Waals surface area (Å²) < 4.78 is 0. The molecule has 1 heterocycles. The van der Waals surface area contributed by atoms with E-state index in [2.05, 4.69) is 31.0 Å². The third kappa shape index (κ3) is 3.87. The average molecular weight is 305 g/mol. The standard InChI is InChI=1S/C17H23NO2S/c1-11-6-4-7-14(13(11)3)18-17(20)16-10-12(2)15(21-16)8-5-9-19/h10-11,13-14,19H,4,6-7,9H2,1-3H3,(H,18,20). The fourth-order valence-electron chi connectivity index (χ4n) is 2.86. The van der Waals surface area contributed by atoms with E-state index in [1.807, 2.05) is 13.0 Å². The van der Waals surface area contributed by atoms with Crippen LogP contribution in [-0.4, -0.2) is 23.7 Å². The molecule has 0 aliphatic heterocycles. The maximum absolute atomic E-state index is 12.4. The van der Waals surface area contributed by atoms with Crippen molar-refractivity contribution in [3.8, 4) is 11.8 Å². The number of aryl methyl sites for hydroxylation is 1. The number of hydrogen-bond acceptors (Lipinski definition) is 3. The maximum atomic E-state index is 12.4. The second-order valence-corrected chi connectivity index (χ2v) is 6.98. The van der Waals surface area contributed by atoms with Crippen molar-refractivity contribution in [3.05, 3.63) is 21.4 Å². The Morgan fingerprint density at radius 3 is 2.95 bits per heavy atom. The zero-order chi connectivity index (χ0) is 15.4. The van der Waals surface area contributed by atoms with Crippen LogP contribution in [0.15, 0.2) is 6.07 Å². The summed E-state index contributed by atoms with van der Waals surface area (Å²) in [7, 11) is 0. The molecule has 2 N–H and O–H groups in total. The summed E-state index contributed by atoms with van der Waals surface area (Å²) in [6.07, 6.45) is 3.51. The minimum Gasteiger partial charge on any atom is -0.384 e. The summed E-state index contributed by atoms with van der Waals surface area (Å²) in [6.45, 7) is 6.28. The minimum absolute atomic E-state index is 0.00565. The van der Waals surface area contributed by atoms with Gasteiger partial charge in [-0.05, 0) is 36.8 Å². The average Bonchev–Trinajstić information content (AvgIpc) is 2.83. The highest BCUT2D eigenvalue weighted by Crippen LogP contribution is 2.30. The Labute approximate surface area is 130 Å². The van der Waals surface area contributed by atoms with Gasteiger partial charge in [0.05, 0.1) is 9.75 Å². The number of carbonyl (C=O) groups is 1. The van der Waals surface area contributed by atoms with Crippen LogP contribution in [0.2, 0.25) is 0 Å². The van der Waals surface area contributed by atoms with Gasteiger partial charge in [0.15, 0.2) is 0 Å². The van der Waals surface area contributed by atoms with E-state index in [4.69, 9.17) is 5.11 Å². The molecule has 1 aliphatic carbocycles. The summed E-state index contributed by atoms with van der Waals surface area (Å²) in [6, 6.07) is 2.16. The van der Waals surface area contributed by atoms with Gasteiger partial charge in [0, 0.05) is 6.04 Å². The van der Waals surface area contributed by atoms with E-state index in [-0.39, 0.29) is 18.6 Å². The van der Waals surface area contributed by atoms with Gasteiger partial charge in [-0.15, -0.1) is 11.3 Å². The lowest BCUT2D eigenvalue weighted by molar-refractivity contribution is 0.0895. The second kappa shape index (κ2) is 7.11. The second-order valence-electron chi connectivity index (χ2n) is 5.93. The first kappa shape index (κ1) is 16.1. The van der Waals surface area contributed by atoms with E-state index in [0.717, 1.165) is 16.9 Å². The SMILES string of the molecule is Cc1cc(C(=O)NC2CCCC(C)C2C)sc1C#CCO. The molecule has 1 aromatic heterocycles. The van der Waals surface area contributed by atoms with Crippen molar-refractivity contribution >= 4 is 17.2 Å². The number of aliphatic hydroxyl groups excluding tert-OH is 1. The largest absolute Gasteiger partial charge is 0.384 e. The highest BCUT2D eigenvalue weighted by atomic mass is 32.1. The van der Waals surface area contributed by atoms with E-state index in [9.17, 15) is 4.79 Å². The lowest BCUT2D eigenvalue weighted by atomic mass is 9.78. The zero-order valence-electron chi connectivity index (χ0n) is 12.9. The van der Waals surface area contributed by atoms with Crippen LogP contribution in [0.1, 0.15) is 53.2 Å². The first-order chi connectivity index (χ1) is 10.0. The molecule has 1 aromatic rings. The van der Waals surface area contributed by atoms with Gasteiger partial charge in [-0.1, -0.05) is 38.5 Å². The van der Waals surface area contributed by atoms with Crippen molar-refractivity contribution in [1.82, 2.24) is 5.32 Å². The molecule has 2 rings (SSSR count). The van der Waals surface area contributed by atoms with Gasteiger partial charge in [-0.2, -0.15) is 0 Å². The molecule has 1 amide bonds. The molecule has 21 heavy (non-hydrogen) atoms. The topological polar surface area (TPSA) is 49.3 Å². The molecule has 1 fully saturated rings. The Morgan fingerprint density at radius 1 is 1.48 bits per heavy atom. The van der Waals surface area contributed by atoms with Crippen molar-refractivity contribution in [1.29, 1.82) is 0 Å². The van der Waals surface area contributed by atoms with Gasteiger partial charge < -0.3 is 10.4 Å². The third-order valence-corrected chi connectivity index (χ3v) is 5.60. The summed E-state index contributed by atoms with van der Waals surface area (Å²) in [5, 5.41) is 11.9. The summed E-state index contributed by atoms with van der Waals surface area (Å²) in [5.41, 5.74) is 0.996. The predicted octanol–water partition coefficient (Wildman–Crippen LogP) is 2.95. The van der Waals surface area contributed by atoms with Crippen LogP contribution < -0.4 is 5.32 Å². The Morgan fingerprint density at radius 2 is 2.24 bits per heavy atom. The number of thiophene rings is 1. The molecule has 0 bridgehead atoms. The number of carbonyl (C=O) groups excluding carboxylic acids is 1. The molecule has 1 saturated carbocycles. The van der Waals surface area contributed by atoms with E-state index < -0.39 is 0 Å². The van der Waals surface area contributed by atoms with Gasteiger partial charge in [0.2, 0.25) is 0 Å². The lowest BCUT2D eigenvalue weighted by Crippen LogP contribution is -2.43. The van der Waals surface area contributed by atoms with Crippen LogP contribution in [0.25, 0.3) is 0 Å². The summed E-state index contributed by atoms with van der Waals surface area (Å²) in [4.78, 5) is 14.0. The Balaban J connectivity index is 2.06. The van der Waals surface area contributed by atoms with Crippen LogP contribution in [0.5, 0.6) is 0 Å². The Hall–Kier alpha value is -1.31. The predicted molar refractivity (Wildman–Crippen MR) is 86.5 cm³/mol. The van der Waals surface area contributed by atoms with Crippen LogP contribution >= 0.6 is 11.3 Å². The van der Waals surface area contributed by atoms with Crippen LogP contribution in [0.3, 0.4) is 0 Å². The first-order valence-electron chi connectivity index (χ1n) is 7.54. The molecule has 0 aromatic carbocycles. The number of nitrogens with one attached hydrogen (secondary N) is 1. The number of rotatable bonds is 2. The minimum atomic E-state index is -0.156. The summed E-state index contributed by atoms with van der Waals surface area (Å²) in [5.74, 6) is 6.73. The van der Waals surface area contributed by atoms with E-state index in [1.165, 1.54) is 24.2 Å². The smallest absolute Gasteiger partial charge is 0.261 e. The maximum Gasteiger partial charge on any atom is 0.261 e. The molecular formula is C17H23NO2S. The van der Waals surface area contributed by atoms with Crippen molar-refractivity contribution in [2.75, 3.05) is 6.61 Å². The van der Waals surface area contributed by atoms with Gasteiger partial charge in [0.1, 0.15) is 6.61 Å².